The minimum absolute atomic E-state index is 0.142. The second-order valence-corrected chi connectivity index (χ2v) is 3.17. The molecule has 90 valence electrons. The number of carboxylic acids is 1. The van der Waals surface area contributed by atoms with Crippen LogP contribution in [-0.4, -0.2) is 36.4 Å². The summed E-state index contributed by atoms with van der Waals surface area (Å²) in [7, 11) is 0. The highest BCUT2D eigenvalue weighted by Crippen LogP contribution is 2.09. The summed E-state index contributed by atoms with van der Waals surface area (Å²) >= 11 is 0. The van der Waals surface area contributed by atoms with Crippen LogP contribution in [0.15, 0.2) is 24.3 Å². The van der Waals surface area contributed by atoms with Crippen LogP contribution in [0.2, 0.25) is 0 Å². The van der Waals surface area contributed by atoms with Crippen LogP contribution in [0.3, 0.4) is 0 Å². The summed E-state index contributed by atoms with van der Waals surface area (Å²) in [6.45, 7) is 7.80. The molecule has 1 heterocycles. The van der Waals surface area contributed by atoms with E-state index in [9.17, 15) is 9.59 Å². The highest BCUT2D eigenvalue weighted by molar-refractivity contribution is 5.86. The Morgan fingerprint density at radius 1 is 1.62 bits per heavy atom. The van der Waals surface area contributed by atoms with Gasteiger partial charge in [0.25, 0.3) is 0 Å². The van der Waals surface area contributed by atoms with Gasteiger partial charge in [-0.1, -0.05) is 12.7 Å². The highest BCUT2D eigenvalue weighted by Gasteiger charge is 2.24. The van der Waals surface area contributed by atoms with Gasteiger partial charge < -0.3 is 14.6 Å². The number of hydrogen-bond donors (Lipinski definition) is 1. The molecule has 16 heavy (non-hydrogen) atoms. The smallest absolute Gasteiger partial charge is 0.333 e. The molecule has 0 spiro atoms. The maximum absolute atomic E-state index is 10.7. The van der Waals surface area contributed by atoms with Crippen molar-refractivity contribution < 1.29 is 24.2 Å². The van der Waals surface area contributed by atoms with Gasteiger partial charge in [0.05, 0.1) is 6.61 Å². The lowest BCUT2D eigenvalue weighted by Gasteiger charge is -1.99. The van der Waals surface area contributed by atoms with Crippen molar-refractivity contribution in [2.24, 2.45) is 0 Å². The summed E-state index contributed by atoms with van der Waals surface area (Å²) in [5.41, 5.74) is 0.431. The van der Waals surface area contributed by atoms with E-state index in [-0.39, 0.29) is 12.1 Å². The van der Waals surface area contributed by atoms with Gasteiger partial charge in [-0.25, -0.2) is 9.59 Å². The van der Waals surface area contributed by atoms with Gasteiger partial charge in [0, 0.05) is 11.6 Å². The molecule has 1 atom stereocenters. The zero-order chi connectivity index (χ0) is 12.6. The number of rotatable bonds is 4. The van der Waals surface area contributed by atoms with Gasteiger partial charge >= 0.3 is 11.9 Å². The zero-order valence-electron chi connectivity index (χ0n) is 9.43. The first-order valence-electron chi connectivity index (χ1n) is 4.77. The molecule has 1 fully saturated rings. The Balaban J connectivity index is 0.000000325. The molecule has 1 saturated heterocycles. The van der Waals surface area contributed by atoms with E-state index in [1.807, 2.05) is 0 Å². The number of carbonyl (C=O) groups is 2. The zero-order valence-corrected chi connectivity index (χ0v) is 9.43. The van der Waals surface area contributed by atoms with E-state index < -0.39 is 5.97 Å². The Hall–Kier alpha value is -1.62. The molecular weight excluding hydrogens is 212 g/mol. The third-order valence-electron chi connectivity index (χ3n) is 1.46. The van der Waals surface area contributed by atoms with E-state index in [0.29, 0.717) is 18.8 Å². The van der Waals surface area contributed by atoms with Crippen LogP contribution in [0.1, 0.15) is 13.8 Å². The van der Waals surface area contributed by atoms with Gasteiger partial charge in [0.1, 0.15) is 12.7 Å². The van der Waals surface area contributed by atoms with E-state index in [0.717, 1.165) is 6.08 Å². The van der Waals surface area contributed by atoms with Crippen LogP contribution in [-0.2, 0) is 19.1 Å². The minimum Gasteiger partial charge on any atom is -0.478 e. The molecule has 0 aromatic heterocycles. The first-order chi connectivity index (χ1) is 7.47. The fourth-order valence-corrected chi connectivity index (χ4v) is 0.599. The van der Waals surface area contributed by atoms with Crippen LogP contribution in [0, 0.1) is 0 Å². The second-order valence-electron chi connectivity index (χ2n) is 3.17. The van der Waals surface area contributed by atoms with E-state index in [1.165, 1.54) is 6.08 Å². The number of allylic oxidation sites excluding steroid dienone is 1. The summed E-state index contributed by atoms with van der Waals surface area (Å²) in [6.07, 6.45) is 2.70. The Morgan fingerprint density at radius 2 is 2.19 bits per heavy atom. The van der Waals surface area contributed by atoms with Crippen molar-refractivity contribution in [2.75, 3.05) is 13.2 Å². The van der Waals surface area contributed by atoms with Gasteiger partial charge in [-0.15, -0.1) is 0 Å². The monoisotopic (exact) mass is 228 g/mol. The quantitative estimate of drug-likeness (QED) is 0.444. The second kappa shape index (κ2) is 7.64. The molecule has 1 aliphatic rings. The van der Waals surface area contributed by atoms with Crippen molar-refractivity contribution in [3.63, 3.8) is 0 Å². The molecule has 1 N–H and O–H groups in total. The number of hydrogen-bond acceptors (Lipinski definition) is 4. The first kappa shape index (κ1) is 14.4. The summed E-state index contributed by atoms with van der Waals surface area (Å²) in [5.74, 6) is -1.23. The molecule has 0 aliphatic carbocycles. The molecule has 0 radical (unpaired) electrons. The lowest BCUT2D eigenvalue weighted by atomic mass is 10.4. The third kappa shape index (κ3) is 8.96. The first-order valence-corrected chi connectivity index (χ1v) is 4.77. The van der Waals surface area contributed by atoms with Crippen LogP contribution in [0.5, 0.6) is 0 Å². The largest absolute Gasteiger partial charge is 0.478 e. The van der Waals surface area contributed by atoms with Gasteiger partial charge in [-0.2, -0.15) is 0 Å². The molecule has 5 heteroatoms. The predicted octanol–water partition coefficient (Wildman–Crippen LogP) is 1.15. The van der Waals surface area contributed by atoms with E-state index in [4.69, 9.17) is 14.6 Å². The van der Waals surface area contributed by atoms with Gasteiger partial charge in [-0.3, -0.25) is 0 Å². The number of carbonyl (C=O) groups excluding carboxylic acids is 1. The van der Waals surface area contributed by atoms with Crippen molar-refractivity contribution in [3.8, 4) is 0 Å². The van der Waals surface area contributed by atoms with E-state index in [1.54, 1.807) is 13.8 Å². The fourth-order valence-electron chi connectivity index (χ4n) is 0.599. The number of epoxide rings is 1. The van der Waals surface area contributed by atoms with Crippen LogP contribution in [0.25, 0.3) is 0 Å². The molecule has 0 aromatic carbocycles. The Labute approximate surface area is 94.4 Å². The predicted molar refractivity (Wildman–Crippen MR) is 58.0 cm³/mol. The Bertz CT molecular complexity index is 289. The van der Waals surface area contributed by atoms with Gasteiger partial charge in [0.15, 0.2) is 0 Å². The Morgan fingerprint density at radius 3 is 2.44 bits per heavy atom. The molecule has 1 rings (SSSR count). The topological polar surface area (TPSA) is 76.1 Å². The average molecular weight is 228 g/mol. The summed E-state index contributed by atoms with van der Waals surface area (Å²) in [4.78, 5) is 20.2. The molecule has 0 amide bonds. The maximum atomic E-state index is 10.7. The van der Waals surface area contributed by atoms with Crippen LogP contribution < -0.4 is 0 Å². The number of carboxylic acid groups (broad SMARTS) is 1. The van der Waals surface area contributed by atoms with Gasteiger partial charge in [-0.05, 0) is 13.8 Å². The lowest BCUT2D eigenvalue weighted by molar-refractivity contribution is -0.139. The van der Waals surface area contributed by atoms with Crippen LogP contribution >= 0.6 is 0 Å². The number of aliphatic carboxylic acids is 1. The van der Waals surface area contributed by atoms with E-state index in [2.05, 4.69) is 6.58 Å². The number of esters is 1. The number of ether oxygens (including phenoxy) is 2. The molecule has 0 aromatic rings. The summed E-state index contributed by atoms with van der Waals surface area (Å²) in [6, 6.07) is 0. The Kier molecular flexibility index (Phi) is 6.87. The molecular formula is C11H16O5. The minimum atomic E-state index is -0.891. The summed E-state index contributed by atoms with van der Waals surface area (Å²) < 4.78 is 9.60. The standard InChI is InChI=1S/C7H10O3.C4H6O2/c1-5(2)7(8)10-4-6-3-9-6;1-2-3-4(5)6/h6H,1,3-4H2,2H3;2-3H,1H3,(H,5,6). The van der Waals surface area contributed by atoms with Crippen molar-refractivity contribution in [3.05, 3.63) is 24.3 Å². The normalized spacial score (nSPS) is 17.2. The fraction of sp³-hybridized carbons (Fsp3) is 0.455. The lowest BCUT2D eigenvalue weighted by Crippen LogP contribution is -2.09. The molecule has 0 bridgehead atoms. The third-order valence-corrected chi connectivity index (χ3v) is 1.46. The summed E-state index contributed by atoms with van der Waals surface area (Å²) in [5, 5.41) is 7.83. The molecule has 5 nitrogen and oxygen atoms in total. The SMILES string of the molecule is C=C(C)C(=O)OCC1CO1.CC=CC(=O)O. The van der Waals surface area contributed by atoms with Crippen molar-refractivity contribution in [2.45, 2.75) is 20.0 Å². The van der Waals surface area contributed by atoms with Crippen LogP contribution in [0.4, 0.5) is 0 Å². The average Bonchev–Trinajstić information content (AvgIpc) is 2.98. The highest BCUT2D eigenvalue weighted by atomic mass is 16.6. The van der Waals surface area contributed by atoms with Crippen molar-refractivity contribution in [1.29, 1.82) is 0 Å². The van der Waals surface area contributed by atoms with Gasteiger partial charge in [0.2, 0.25) is 0 Å². The molecule has 1 unspecified atom stereocenters. The molecule has 1 aliphatic heterocycles. The van der Waals surface area contributed by atoms with Crippen molar-refractivity contribution >= 4 is 11.9 Å². The van der Waals surface area contributed by atoms with E-state index >= 15 is 0 Å². The molecule has 0 saturated carbocycles. The maximum Gasteiger partial charge on any atom is 0.333 e. The van der Waals surface area contributed by atoms with Crippen molar-refractivity contribution in [1.82, 2.24) is 0 Å².